The Labute approximate surface area is 186 Å². The molecule has 2 aromatic rings. The Kier molecular flexibility index (Phi) is 8.42. The van der Waals surface area contributed by atoms with Crippen LogP contribution < -0.4 is 30.4 Å². The minimum atomic E-state index is -1.17. The molecule has 2 aliphatic heterocycles. The Bertz CT molecular complexity index is 787. The summed E-state index contributed by atoms with van der Waals surface area (Å²) in [5.74, 6) is 2.67. The Balaban J connectivity index is 0.00000160. The van der Waals surface area contributed by atoms with Crippen LogP contribution in [0.1, 0.15) is 11.1 Å². The monoisotopic (exact) mass is 460 g/mol. The topological polar surface area (TPSA) is 129 Å². The van der Waals surface area contributed by atoms with E-state index in [0.29, 0.717) is 35.8 Å². The molecule has 0 bridgehead atoms. The fraction of sp³-hybridized carbons (Fsp3) is 0.400. The molecule has 0 spiro atoms. The van der Waals surface area contributed by atoms with Gasteiger partial charge in [-0.25, -0.2) is 0 Å². The normalized spacial score (nSPS) is 17.3. The van der Waals surface area contributed by atoms with E-state index in [1.807, 2.05) is 24.3 Å². The molecule has 4 atom stereocenters. The molecule has 0 aliphatic carbocycles. The molecule has 8 nitrogen and oxygen atoms in total. The molecule has 10 heteroatoms. The van der Waals surface area contributed by atoms with Crippen LogP contribution in [0.15, 0.2) is 36.4 Å². The summed E-state index contributed by atoms with van der Waals surface area (Å²) in [6.45, 7) is 0.391. The van der Waals surface area contributed by atoms with Gasteiger partial charge in [-0.3, -0.25) is 0 Å². The molecule has 0 fully saturated rings. The highest BCUT2D eigenvalue weighted by molar-refractivity contribution is 5.85. The van der Waals surface area contributed by atoms with Gasteiger partial charge in [0, 0.05) is 12.1 Å². The molecular weight excluding hydrogens is 435 g/mol. The van der Waals surface area contributed by atoms with Gasteiger partial charge in [0.15, 0.2) is 23.0 Å². The summed E-state index contributed by atoms with van der Waals surface area (Å²) in [5, 5.41) is 21.0. The van der Waals surface area contributed by atoms with Gasteiger partial charge in [-0.2, -0.15) is 0 Å². The van der Waals surface area contributed by atoms with Gasteiger partial charge in [0.2, 0.25) is 13.6 Å². The van der Waals surface area contributed by atoms with Gasteiger partial charge >= 0.3 is 0 Å². The van der Waals surface area contributed by atoms with Crippen LogP contribution in [0.25, 0.3) is 0 Å². The number of aliphatic hydroxyl groups is 2. The molecule has 0 amide bonds. The Morgan fingerprint density at radius 3 is 1.43 bits per heavy atom. The highest BCUT2D eigenvalue weighted by Gasteiger charge is 2.29. The number of fused-ring (bicyclic) bond motifs is 2. The minimum Gasteiger partial charge on any atom is -0.454 e. The van der Waals surface area contributed by atoms with Crippen LogP contribution in [-0.2, 0) is 12.8 Å². The zero-order valence-corrected chi connectivity index (χ0v) is 17.7. The van der Waals surface area contributed by atoms with Crippen molar-refractivity contribution in [2.75, 3.05) is 13.6 Å². The van der Waals surface area contributed by atoms with Crippen LogP contribution >= 0.6 is 24.8 Å². The molecule has 0 unspecified atom stereocenters. The largest absolute Gasteiger partial charge is 0.454 e. The number of rotatable bonds is 7. The Hall–Kier alpha value is -1.94. The van der Waals surface area contributed by atoms with E-state index in [9.17, 15) is 10.2 Å². The van der Waals surface area contributed by atoms with E-state index in [4.69, 9.17) is 30.4 Å². The first-order chi connectivity index (χ1) is 13.5. The van der Waals surface area contributed by atoms with Gasteiger partial charge < -0.3 is 40.6 Å². The third kappa shape index (κ3) is 5.21. The fourth-order valence-electron chi connectivity index (χ4n) is 3.43. The standard InChI is InChI=1S/C20H24N2O6.2ClH/c21-13(5-11-1-3-15-17(7-11)27-9-25-15)19(23)20(24)14(22)6-12-2-4-16-18(8-12)28-10-26-16;;/h1-4,7-8,13-14,19-20,23-24H,5-6,9-10,21-22H2;2*1H/t13-,14-,19+,20+;;/m0../s1. The maximum atomic E-state index is 10.5. The molecule has 30 heavy (non-hydrogen) atoms. The quantitative estimate of drug-likeness (QED) is 0.484. The van der Waals surface area contributed by atoms with Crippen LogP contribution in [0, 0.1) is 0 Å². The van der Waals surface area contributed by atoms with Crippen LogP contribution in [0.2, 0.25) is 0 Å². The summed E-state index contributed by atoms with van der Waals surface area (Å²) in [4.78, 5) is 0. The van der Waals surface area contributed by atoms with Gasteiger partial charge in [-0.05, 0) is 48.2 Å². The van der Waals surface area contributed by atoms with Gasteiger partial charge in [-0.1, -0.05) is 12.1 Å². The predicted octanol–water partition coefficient (Wildman–Crippen LogP) is 1.15. The molecule has 0 aromatic heterocycles. The van der Waals surface area contributed by atoms with Crippen molar-refractivity contribution in [1.29, 1.82) is 0 Å². The molecule has 4 rings (SSSR count). The van der Waals surface area contributed by atoms with Crippen molar-refractivity contribution in [2.24, 2.45) is 11.5 Å². The van der Waals surface area contributed by atoms with Crippen molar-refractivity contribution < 1.29 is 29.2 Å². The average molecular weight is 461 g/mol. The zero-order chi connectivity index (χ0) is 19.7. The molecule has 0 radical (unpaired) electrons. The average Bonchev–Trinajstić information content (AvgIpc) is 3.34. The highest BCUT2D eigenvalue weighted by atomic mass is 35.5. The van der Waals surface area contributed by atoms with Crippen molar-refractivity contribution >= 4 is 24.8 Å². The molecule has 0 saturated heterocycles. The number of hydrogen-bond acceptors (Lipinski definition) is 8. The summed E-state index contributed by atoms with van der Waals surface area (Å²) in [6, 6.07) is 9.62. The first kappa shape index (κ1) is 24.3. The lowest BCUT2D eigenvalue weighted by atomic mass is 9.92. The van der Waals surface area contributed by atoms with E-state index in [1.54, 1.807) is 12.1 Å². The second kappa shape index (κ2) is 10.4. The lowest BCUT2D eigenvalue weighted by Crippen LogP contribution is -2.52. The van der Waals surface area contributed by atoms with Crippen molar-refractivity contribution in [3.8, 4) is 23.0 Å². The summed E-state index contributed by atoms with van der Waals surface area (Å²) in [5.41, 5.74) is 14.0. The van der Waals surface area contributed by atoms with E-state index < -0.39 is 24.3 Å². The molecule has 166 valence electrons. The molecule has 2 aliphatic rings. The Morgan fingerprint density at radius 2 is 1.03 bits per heavy atom. The maximum absolute atomic E-state index is 10.5. The van der Waals surface area contributed by atoms with Crippen LogP contribution in [0.5, 0.6) is 23.0 Å². The highest BCUT2D eigenvalue weighted by Crippen LogP contribution is 2.34. The van der Waals surface area contributed by atoms with Crippen LogP contribution in [0.3, 0.4) is 0 Å². The van der Waals surface area contributed by atoms with E-state index >= 15 is 0 Å². The molecule has 2 aromatic carbocycles. The minimum absolute atomic E-state index is 0. The molecular formula is C20H26Cl2N2O6. The second-order valence-electron chi connectivity index (χ2n) is 7.09. The number of ether oxygens (including phenoxy) is 4. The van der Waals surface area contributed by atoms with E-state index in [1.165, 1.54) is 0 Å². The summed E-state index contributed by atoms with van der Waals surface area (Å²) in [6.07, 6.45) is -1.61. The van der Waals surface area contributed by atoms with Gasteiger partial charge in [-0.15, -0.1) is 24.8 Å². The van der Waals surface area contributed by atoms with Gasteiger partial charge in [0.1, 0.15) is 0 Å². The molecule has 2 heterocycles. The lowest BCUT2D eigenvalue weighted by molar-refractivity contribution is -0.00976. The summed E-state index contributed by atoms with van der Waals surface area (Å²) >= 11 is 0. The van der Waals surface area contributed by atoms with Crippen LogP contribution in [-0.4, -0.2) is 48.1 Å². The third-order valence-corrected chi connectivity index (χ3v) is 5.04. The van der Waals surface area contributed by atoms with Crippen molar-refractivity contribution in [1.82, 2.24) is 0 Å². The zero-order valence-electron chi connectivity index (χ0n) is 16.1. The number of benzene rings is 2. The third-order valence-electron chi connectivity index (χ3n) is 5.04. The number of aliphatic hydroxyl groups excluding tert-OH is 2. The fourth-order valence-corrected chi connectivity index (χ4v) is 3.43. The smallest absolute Gasteiger partial charge is 0.231 e. The number of hydrogen-bond donors (Lipinski definition) is 4. The van der Waals surface area contributed by atoms with E-state index in [2.05, 4.69) is 0 Å². The maximum Gasteiger partial charge on any atom is 0.231 e. The van der Waals surface area contributed by atoms with Crippen molar-refractivity contribution in [3.05, 3.63) is 47.5 Å². The van der Waals surface area contributed by atoms with E-state index in [0.717, 1.165) is 11.1 Å². The molecule has 6 N–H and O–H groups in total. The van der Waals surface area contributed by atoms with Crippen molar-refractivity contribution in [3.63, 3.8) is 0 Å². The summed E-state index contributed by atoms with van der Waals surface area (Å²) < 4.78 is 21.3. The van der Waals surface area contributed by atoms with E-state index in [-0.39, 0.29) is 38.4 Å². The van der Waals surface area contributed by atoms with Crippen LogP contribution in [0.4, 0.5) is 0 Å². The van der Waals surface area contributed by atoms with Gasteiger partial charge in [0.25, 0.3) is 0 Å². The Morgan fingerprint density at radius 1 is 0.667 bits per heavy atom. The lowest BCUT2D eigenvalue weighted by Gasteiger charge is -2.28. The van der Waals surface area contributed by atoms with Gasteiger partial charge in [0.05, 0.1) is 12.2 Å². The second-order valence-corrected chi connectivity index (χ2v) is 7.09. The van der Waals surface area contributed by atoms with Crippen molar-refractivity contribution in [2.45, 2.75) is 37.1 Å². The predicted molar refractivity (Wildman–Crippen MR) is 115 cm³/mol. The molecule has 0 saturated carbocycles. The summed E-state index contributed by atoms with van der Waals surface area (Å²) in [7, 11) is 0. The number of halogens is 2. The first-order valence-electron chi connectivity index (χ1n) is 9.15. The SMILES string of the molecule is Cl.Cl.N[C@@H](Cc1ccc2c(c1)OCO2)[C@@H](O)[C@H](O)[C@@H](N)Cc1ccc2c(c1)OCO2. The number of nitrogens with two attached hydrogens (primary N) is 2. The first-order valence-corrected chi connectivity index (χ1v) is 9.15.